The first kappa shape index (κ1) is 12.9. The van der Waals surface area contributed by atoms with Gasteiger partial charge in [0, 0.05) is 6.04 Å². The molecular weight excluding hydrogens is 309 g/mol. The molecule has 1 aromatic carbocycles. The molecule has 0 unspecified atom stereocenters. The minimum absolute atomic E-state index is 0.210. The molecule has 0 aliphatic heterocycles. The summed E-state index contributed by atoms with van der Waals surface area (Å²) in [5.74, 6) is 0.855. The Hall–Kier alpha value is -1.10. The van der Waals surface area contributed by atoms with E-state index in [9.17, 15) is 4.39 Å². The molecule has 3 nitrogen and oxygen atoms in total. The van der Waals surface area contributed by atoms with Crippen LogP contribution in [0.4, 0.5) is 4.39 Å². The average Bonchev–Trinajstić information content (AvgIpc) is 3.11. The zero-order chi connectivity index (χ0) is 13.4. The second-order valence-electron chi connectivity index (χ2n) is 5.43. The van der Waals surface area contributed by atoms with Crippen LogP contribution >= 0.6 is 15.9 Å². The lowest BCUT2D eigenvalue weighted by atomic mass is 9.76. The lowest BCUT2D eigenvalue weighted by molar-refractivity contribution is 0.323. The van der Waals surface area contributed by atoms with E-state index in [2.05, 4.69) is 26.2 Å². The summed E-state index contributed by atoms with van der Waals surface area (Å²) in [5.41, 5.74) is 7.02. The fourth-order valence-corrected chi connectivity index (χ4v) is 2.82. The average molecular weight is 326 g/mol. The molecule has 0 bridgehead atoms. The van der Waals surface area contributed by atoms with Gasteiger partial charge in [-0.05, 0) is 65.2 Å². The number of hydrogen-bond donors (Lipinski definition) is 2. The van der Waals surface area contributed by atoms with Crippen LogP contribution in [0.2, 0.25) is 0 Å². The molecule has 0 heterocycles. The van der Waals surface area contributed by atoms with Gasteiger partial charge in [0.05, 0.1) is 10.5 Å². The number of nitrogens with one attached hydrogen (secondary N) is 1. The topological polar surface area (TPSA) is 50.4 Å². The highest BCUT2D eigenvalue weighted by Gasteiger charge is 2.31. The van der Waals surface area contributed by atoms with Crippen LogP contribution in [0.25, 0.3) is 0 Å². The fourth-order valence-electron chi connectivity index (χ4n) is 2.42. The van der Waals surface area contributed by atoms with Gasteiger partial charge in [0.1, 0.15) is 5.82 Å². The van der Waals surface area contributed by atoms with E-state index < -0.39 is 0 Å². The highest BCUT2D eigenvalue weighted by Crippen LogP contribution is 2.38. The number of aliphatic imine (C=N–C) groups is 1. The van der Waals surface area contributed by atoms with Gasteiger partial charge < -0.3 is 11.1 Å². The van der Waals surface area contributed by atoms with Crippen molar-refractivity contribution in [3.63, 3.8) is 0 Å². The van der Waals surface area contributed by atoms with Gasteiger partial charge in [-0.3, -0.25) is 4.99 Å². The molecule has 2 aliphatic carbocycles. The highest BCUT2D eigenvalue weighted by atomic mass is 79.9. The molecule has 5 heteroatoms. The first-order valence-electron chi connectivity index (χ1n) is 6.66. The molecule has 0 radical (unpaired) electrons. The van der Waals surface area contributed by atoms with Crippen LogP contribution in [0, 0.1) is 5.82 Å². The Morgan fingerprint density at radius 2 is 2.11 bits per heavy atom. The van der Waals surface area contributed by atoms with Gasteiger partial charge in [-0.1, -0.05) is 6.07 Å². The number of guanidine groups is 1. The van der Waals surface area contributed by atoms with Gasteiger partial charge in [-0.2, -0.15) is 0 Å². The smallest absolute Gasteiger partial charge is 0.189 e. The first-order chi connectivity index (χ1) is 9.11. The van der Waals surface area contributed by atoms with Crippen LogP contribution in [-0.4, -0.2) is 18.0 Å². The molecule has 2 aliphatic rings. The van der Waals surface area contributed by atoms with E-state index in [-0.39, 0.29) is 5.82 Å². The van der Waals surface area contributed by atoms with Crippen LogP contribution in [-0.2, 0) is 0 Å². The molecule has 102 valence electrons. The van der Waals surface area contributed by atoms with Crippen molar-refractivity contribution in [2.24, 2.45) is 10.7 Å². The summed E-state index contributed by atoms with van der Waals surface area (Å²) < 4.78 is 13.7. The summed E-state index contributed by atoms with van der Waals surface area (Å²) in [4.78, 5) is 4.36. The number of halogens is 2. The minimum Gasteiger partial charge on any atom is -0.370 e. The third-order valence-corrected chi connectivity index (χ3v) is 4.38. The van der Waals surface area contributed by atoms with E-state index >= 15 is 0 Å². The van der Waals surface area contributed by atoms with Gasteiger partial charge in [0.25, 0.3) is 0 Å². The largest absolute Gasteiger partial charge is 0.370 e. The lowest BCUT2D eigenvalue weighted by Gasteiger charge is -2.36. The van der Waals surface area contributed by atoms with Crippen LogP contribution in [0.5, 0.6) is 0 Å². The number of hydrogen-bond acceptors (Lipinski definition) is 1. The predicted octanol–water partition coefficient (Wildman–Crippen LogP) is 2.90. The summed E-state index contributed by atoms with van der Waals surface area (Å²) in [6.45, 7) is 0. The SMILES string of the molecule is NC(=NC1CC1)NC1CC(c2ccc(F)c(Br)c2)C1. The van der Waals surface area contributed by atoms with Crippen molar-refractivity contribution in [3.05, 3.63) is 34.1 Å². The van der Waals surface area contributed by atoms with Crippen molar-refractivity contribution in [1.29, 1.82) is 0 Å². The Morgan fingerprint density at radius 1 is 1.37 bits per heavy atom. The van der Waals surface area contributed by atoms with E-state index in [0.29, 0.717) is 28.4 Å². The summed E-state index contributed by atoms with van der Waals surface area (Å²) in [6.07, 6.45) is 4.39. The van der Waals surface area contributed by atoms with Crippen LogP contribution in [0.3, 0.4) is 0 Å². The Kier molecular flexibility index (Phi) is 3.48. The van der Waals surface area contributed by atoms with Gasteiger partial charge in [-0.25, -0.2) is 4.39 Å². The molecule has 2 saturated carbocycles. The molecule has 19 heavy (non-hydrogen) atoms. The second-order valence-corrected chi connectivity index (χ2v) is 6.28. The van der Waals surface area contributed by atoms with E-state index in [1.807, 2.05) is 12.1 Å². The predicted molar refractivity (Wildman–Crippen MR) is 77.6 cm³/mol. The van der Waals surface area contributed by atoms with Crippen LogP contribution < -0.4 is 11.1 Å². The quantitative estimate of drug-likeness (QED) is 0.663. The summed E-state index contributed by atoms with van der Waals surface area (Å²) >= 11 is 3.23. The van der Waals surface area contributed by atoms with E-state index in [0.717, 1.165) is 12.8 Å². The molecule has 1 aromatic rings. The van der Waals surface area contributed by atoms with Gasteiger partial charge in [0.2, 0.25) is 0 Å². The Labute approximate surface area is 120 Å². The summed E-state index contributed by atoms with van der Waals surface area (Å²) in [6, 6.07) is 6.11. The second kappa shape index (κ2) is 5.12. The molecule has 0 spiro atoms. The number of nitrogens with two attached hydrogens (primary N) is 1. The Balaban J connectivity index is 1.53. The molecule has 3 N–H and O–H groups in total. The molecule has 0 aromatic heterocycles. The van der Waals surface area contributed by atoms with Gasteiger partial charge in [0.15, 0.2) is 5.96 Å². The molecule has 0 atom stereocenters. The normalized spacial score (nSPS) is 26.9. The van der Waals surface area contributed by atoms with Gasteiger partial charge in [-0.15, -0.1) is 0 Å². The van der Waals surface area contributed by atoms with Crippen molar-refractivity contribution in [2.45, 2.75) is 43.7 Å². The Bertz CT molecular complexity index is 507. The zero-order valence-electron chi connectivity index (χ0n) is 10.6. The Morgan fingerprint density at radius 3 is 2.74 bits per heavy atom. The lowest BCUT2D eigenvalue weighted by Crippen LogP contribution is -2.46. The first-order valence-corrected chi connectivity index (χ1v) is 7.46. The molecular formula is C14H17BrFN3. The van der Waals surface area contributed by atoms with Crippen molar-refractivity contribution < 1.29 is 4.39 Å². The molecule has 0 amide bonds. The van der Waals surface area contributed by atoms with E-state index in [1.165, 1.54) is 24.5 Å². The zero-order valence-corrected chi connectivity index (χ0v) is 12.2. The minimum atomic E-state index is -0.210. The molecule has 0 saturated heterocycles. The fraction of sp³-hybridized carbons (Fsp3) is 0.500. The molecule has 2 fully saturated rings. The van der Waals surface area contributed by atoms with E-state index in [1.54, 1.807) is 0 Å². The van der Waals surface area contributed by atoms with E-state index in [4.69, 9.17) is 5.73 Å². The molecule has 3 rings (SSSR count). The number of rotatable bonds is 3. The van der Waals surface area contributed by atoms with Crippen molar-refractivity contribution in [2.75, 3.05) is 0 Å². The maximum atomic E-state index is 13.2. The maximum Gasteiger partial charge on any atom is 0.189 e. The van der Waals surface area contributed by atoms with Crippen LogP contribution in [0.15, 0.2) is 27.7 Å². The number of benzene rings is 1. The standard InChI is InChI=1S/C14H17BrFN3/c15-12-7-8(1-4-13(12)16)9-5-11(6-9)19-14(17)18-10-2-3-10/h1,4,7,9-11H,2-3,5-6H2,(H3,17,18,19). The number of nitrogens with zero attached hydrogens (tertiary/aromatic N) is 1. The van der Waals surface area contributed by atoms with Crippen molar-refractivity contribution in [1.82, 2.24) is 5.32 Å². The summed E-state index contributed by atoms with van der Waals surface area (Å²) in [7, 11) is 0. The van der Waals surface area contributed by atoms with Crippen molar-refractivity contribution >= 4 is 21.9 Å². The van der Waals surface area contributed by atoms with Gasteiger partial charge >= 0.3 is 0 Å². The summed E-state index contributed by atoms with van der Waals surface area (Å²) in [5, 5.41) is 3.26. The highest BCUT2D eigenvalue weighted by molar-refractivity contribution is 9.10. The van der Waals surface area contributed by atoms with Crippen molar-refractivity contribution in [3.8, 4) is 0 Å². The van der Waals surface area contributed by atoms with Crippen LogP contribution in [0.1, 0.15) is 37.2 Å². The third kappa shape index (κ3) is 3.08. The maximum absolute atomic E-state index is 13.2. The monoisotopic (exact) mass is 325 g/mol. The third-order valence-electron chi connectivity index (χ3n) is 3.77.